The Bertz CT molecular complexity index is 1790. The highest BCUT2D eigenvalue weighted by atomic mass is 32.2. The third-order valence-corrected chi connectivity index (χ3v) is 8.90. The number of carbonyl (C=O) groups is 3. The number of hydrogen-bond acceptors (Lipinski definition) is 7. The quantitative estimate of drug-likeness (QED) is 0.0961. The molecule has 0 fully saturated rings. The SMILES string of the molecule is CCOc1ccc(/C=C(/NC(=O)c2ccccc2)C(=O)Nc2cccc(SC(CC)C(=O)Nc3nc4ccccc4s3)c2)cc1. The van der Waals surface area contributed by atoms with Gasteiger partial charge in [0.05, 0.1) is 22.1 Å². The zero-order chi connectivity index (χ0) is 31.6. The molecule has 1 atom stereocenters. The molecule has 228 valence electrons. The van der Waals surface area contributed by atoms with Gasteiger partial charge in [-0.3, -0.25) is 14.4 Å². The largest absolute Gasteiger partial charge is 0.494 e. The first kappa shape index (κ1) is 31.5. The van der Waals surface area contributed by atoms with Crippen LogP contribution in [0.3, 0.4) is 0 Å². The molecule has 0 aliphatic heterocycles. The summed E-state index contributed by atoms with van der Waals surface area (Å²) >= 11 is 2.84. The van der Waals surface area contributed by atoms with Gasteiger partial charge < -0.3 is 20.7 Å². The Morgan fingerprint density at radius 2 is 1.64 bits per heavy atom. The van der Waals surface area contributed by atoms with E-state index in [1.165, 1.54) is 23.1 Å². The van der Waals surface area contributed by atoms with Gasteiger partial charge in [-0.1, -0.05) is 66.8 Å². The van der Waals surface area contributed by atoms with E-state index in [0.717, 1.165) is 15.1 Å². The molecule has 5 rings (SSSR count). The van der Waals surface area contributed by atoms with Gasteiger partial charge in [-0.05, 0) is 79.6 Å². The lowest BCUT2D eigenvalue weighted by Gasteiger charge is -2.15. The number of carbonyl (C=O) groups excluding carboxylic acids is 3. The van der Waals surface area contributed by atoms with Gasteiger partial charge in [0.2, 0.25) is 5.91 Å². The van der Waals surface area contributed by atoms with E-state index in [0.29, 0.717) is 40.7 Å². The second-order valence-corrected chi connectivity index (χ2v) is 12.2. The molecule has 1 unspecified atom stereocenters. The molecule has 10 heteroatoms. The van der Waals surface area contributed by atoms with Crippen molar-refractivity contribution in [2.45, 2.75) is 30.4 Å². The fourth-order valence-electron chi connectivity index (χ4n) is 4.38. The molecule has 0 aliphatic carbocycles. The molecule has 4 aromatic carbocycles. The van der Waals surface area contributed by atoms with Crippen LogP contribution in [0.5, 0.6) is 5.75 Å². The van der Waals surface area contributed by atoms with Crippen molar-refractivity contribution in [3.05, 3.63) is 120 Å². The van der Waals surface area contributed by atoms with Gasteiger partial charge in [0.25, 0.3) is 11.8 Å². The van der Waals surface area contributed by atoms with Gasteiger partial charge in [0, 0.05) is 16.1 Å². The first-order chi connectivity index (χ1) is 21.9. The summed E-state index contributed by atoms with van der Waals surface area (Å²) in [6.45, 7) is 4.40. The number of thioether (sulfide) groups is 1. The van der Waals surface area contributed by atoms with Crippen LogP contribution in [0.15, 0.2) is 114 Å². The van der Waals surface area contributed by atoms with Gasteiger partial charge in [-0.15, -0.1) is 11.8 Å². The summed E-state index contributed by atoms with van der Waals surface area (Å²) in [6, 6.07) is 31.0. The summed E-state index contributed by atoms with van der Waals surface area (Å²) in [7, 11) is 0. The number of amides is 3. The standard InChI is InChI=1S/C35H32N4O4S2/c1-3-30(34(42)39-35-38-28-15-8-9-16-31(28)45-35)44-27-14-10-13-25(22-27)36-33(41)29(37-32(40)24-11-6-5-7-12-24)21-23-17-19-26(20-18-23)43-4-2/h5-22,30H,3-4H2,1-2H3,(H,36,41)(H,37,40)(H,38,39,42)/b29-21+. The predicted molar refractivity (Wildman–Crippen MR) is 183 cm³/mol. The minimum absolute atomic E-state index is 0.0766. The summed E-state index contributed by atoms with van der Waals surface area (Å²) in [5.74, 6) is -0.323. The number of benzene rings is 4. The first-order valence-electron chi connectivity index (χ1n) is 14.5. The molecule has 3 amide bonds. The average Bonchev–Trinajstić information content (AvgIpc) is 3.47. The van der Waals surface area contributed by atoms with Gasteiger partial charge in [-0.25, -0.2) is 4.98 Å². The zero-order valence-electron chi connectivity index (χ0n) is 24.8. The second kappa shape index (κ2) is 15.2. The monoisotopic (exact) mass is 636 g/mol. The lowest BCUT2D eigenvalue weighted by atomic mass is 10.1. The van der Waals surface area contributed by atoms with Gasteiger partial charge in [0.1, 0.15) is 11.4 Å². The number of nitrogens with zero attached hydrogens (tertiary/aromatic N) is 1. The van der Waals surface area contributed by atoms with E-state index in [9.17, 15) is 14.4 Å². The Hall–Kier alpha value is -4.93. The van der Waals surface area contributed by atoms with Crippen LogP contribution in [-0.2, 0) is 9.59 Å². The summed E-state index contributed by atoms with van der Waals surface area (Å²) in [6.07, 6.45) is 2.21. The maximum Gasteiger partial charge on any atom is 0.272 e. The van der Waals surface area contributed by atoms with Crippen molar-refractivity contribution in [2.75, 3.05) is 17.2 Å². The van der Waals surface area contributed by atoms with Crippen LogP contribution < -0.4 is 20.7 Å². The number of para-hydroxylation sites is 1. The van der Waals surface area contributed by atoms with Crippen molar-refractivity contribution in [3.8, 4) is 5.75 Å². The first-order valence-corrected chi connectivity index (χ1v) is 16.2. The van der Waals surface area contributed by atoms with E-state index in [-0.39, 0.29) is 16.9 Å². The Labute approximate surface area is 269 Å². The molecular weight excluding hydrogens is 605 g/mol. The average molecular weight is 637 g/mol. The van der Waals surface area contributed by atoms with E-state index in [4.69, 9.17) is 4.74 Å². The van der Waals surface area contributed by atoms with E-state index in [1.54, 1.807) is 36.4 Å². The number of rotatable bonds is 12. The maximum absolute atomic E-state index is 13.5. The number of aromatic nitrogens is 1. The topological polar surface area (TPSA) is 109 Å². The fourth-order valence-corrected chi connectivity index (χ4v) is 6.26. The maximum atomic E-state index is 13.5. The van der Waals surface area contributed by atoms with Crippen LogP contribution in [-0.4, -0.2) is 34.6 Å². The predicted octanol–water partition coefficient (Wildman–Crippen LogP) is 7.61. The Morgan fingerprint density at radius 1 is 0.889 bits per heavy atom. The minimum Gasteiger partial charge on any atom is -0.494 e. The second-order valence-electron chi connectivity index (χ2n) is 9.85. The van der Waals surface area contributed by atoms with Crippen LogP contribution >= 0.6 is 23.1 Å². The summed E-state index contributed by atoms with van der Waals surface area (Å²) < 4.78 is 6.53. The molecule has 0 aliphatic rings. The van der Waals surface area contributed by atoms with Crippen molar-refractivity contribution < 1.29 is 19.1 Å². The molecule has 0 saturated heterocycles. The molecule has 0 bridgehead atoms. The molecule has 0 radical (unpaired) electrons. The van der Waals surface area contributed by atoms with Crippen LogP contribution in [0.1, 0.15) is 36.2 Å². The highest BCUT2D eigenvalue weighted by Gasteiger charge is 2.20. The lowest BCUT2D eigenvalue weighted by molar-refractivity contribution is -0.116. The lowest BCUT2D eigenvalue weighted by Crippen LogP contribution is -2.30. The van der Waals surface area contributed by atoms with Crippen molar-refractivity contribution in [1.82, 2.24) is 10.3 Å². The molecule has 0 saturated carbocycles. The van der Waals surface area contributed by atoms with E-state index >= 15 is 0 Å². The molecule has 8 nitrogen and oxygen atoms in total. The third kappa shape index (κ3) is 8.59. The van der Waals surface area contributed by atoms with E-state index in [2.05, 4.69) is 20.9 Å². The number of fused-ring (bicyclic) bond motifs is 1. The molecule has 45 heavy (non-hydrogen) atoms. The summed E-state index contributed by atoms with van der Waals surface area (Å²) in [5.41, 5.74) is 2.59. The number of ether oxygens (including phenoxy) is 1. The smallest absolute Gasteiger partial charge is 0.272 e. The molecule has 5 aromatic rings. The van der Waals surface area contributed by atoms with E-state index in [1.807, 2.05) is 86.6 Å². The van der Waals surface area contributed by atoms with Crippen molar-refractivity contribution in [1.29, 1.82) is 0 Å². The van der Waals surface area contributed by atoms with Crippen molar-refractivity contribution in [2.24, 2.45) is 0 Å². The highest BCUT2D eigenvalue weighted by Crippen LogP contribution is 2.30. The molecule has 3 N–H and O–H groups in total. The number of anilines is 2. The number of hydrogen-bond donors (Lipinski definition) is 3. The van der Waals surface area contributed by atoms with Crippen LogP contribution in [0.4, 0.5) is 10.8 Å². The third-order valence-electron chi connectivity index (χ3n) is 6.59. The van der Waals surface area contributed by atoms with Gasteiger partial charge in [0.15, 0.2) is 5.13 Å². The molecule has 1 heterocycles. The molecule has 0 spiro atoms. The van der Waals surface area contributed by atoms with Crippen molar-refractivity contribution in [3.63, 3.8) is 0 Å². The number of nitrogens with one attached hydrogen (secondary N) is 3. The Morgan fingerprint density at radius 3 is 2.38 bits per heavy atom. The number of thiazole rings is 1. The van der Waals surface area contributed by atoms with Crippen molar-refractivity contribution >= 4 is 67.9 Å². The normalized spacial score (nSPS) is 11.9. The van der Waals surface area contributed by atoms with Crippen LogP contribution in [0.25, 0.3) is 16.3 Å². The van der Waals surface area contributed by atoms with E-state index < -0.39 is 11.8 Å². The van der Waals surface area contributed by atoms with Gasteiger partial charge >= 0.3 is 0 Å². The van der Waals surface area contributed by atoms with Crippen LogP contribution in [0, 0.1) is 0 Å². The zero-order valence-corrected chi connectivity index (χ0v) is 26.4. The Balaban J connectivity index is 1.30. The minimum atomic E-state index is -0.490. The van der Waals surface area contributed by atoms with Crippen LogP contribution in [0.2, 0.25) is 0 Å². The Kier molecular flexibility index (Phi) is 10.6. The fraction of sp³-hybridized carbons (Fsp3) is 0.143. The molecule has 1 aromatic heterocycles. The highest BCUT2D eigenvalue weighted by molar-refractivity contribution is 8.00. The molecular formula is C35H32N4O4S2. The summed E-state index contributed by atoms with van der Waals surface area (Å²) in [5, 5.41) is 8.80. The van der Waals surface area contributed by atoms with Gasteiger partial charge in [-0.2, -0.15) is 0 Å². The summed E-state index contributed by atoms with van der Waals surface area (Å²) in [4.78, 5) is 45.0.